The van der Waals surface area contributed by atoms with Crippen LogP contribution in [0.25, 0.3) is 11.1 Å². The van der Waals surface area contributed by atoms with Gasteiger partial charge in [-0.15, -0.1) is 10.6 Å². The summed E-state index contributed by atoms with van der Waals surface area (Å²) in [6, 6.07) is 6.82. The van der Waals surface area contributed by atoms with E-state index in [0.29, 0.717) is 23.1 Å². The van der Waals surface area contributed by atoms with E-state index in [1.165, 1.54) is 11.1 Å². The van der Waals surface area contributed by atoms with Crippen LogP contribution in [0.2, 0.25) is 5.02 Å². The molecule has 1 fully saturated rings. The molecular weight excluding hydrogens is 421 g/mol. The van der Waals surface area contributed by atoms with E-state index in [9.17, 15) is 4.39 Å². The highest BCUT2D eigenvalue weighted by Crippen LogP contribution is 2.31. The lowest BCUT2D eigenvalue weighted by molar-refractivity contribution is 0.343. The van der Waals surface area contributed by atoms with Crippen LogP contribution in [0.15, 0.2) is 48.0 Å². The molecule has 31 heavy (non-hydrogen) atoms. The van der Waals surface area contributed by atoms with E-state index >= 15 is 0 Å². The fourth-order valence-electron chi connectivity index (χ4n) is 3.82. The Labute approximate surface area is 183 Å². The molecule has 3 aromatic rings. The second-order valence-corrected chi connectivity index (χ2v) is 7.79. The third-order valence-electron chi connectivity index (χ3n) is 5.48. The van der Waals surface area contributed by atoms with E-state index in [1.807, 2.05) is 23.1 Å². The van der Waals surface area contributed by atoms with Gasteiger partial charge in [-0.1, -0.05) is 17.7 Å². The molecule has 0 aliphatic carbocycles. The summed E-state index contributed by atoms with van der Waals surface area (Å²) >= 11 is 6.17. The summed E-state index contributed by atoms with van der Waals surface area (Å²) in [4.78, 5) is 4.35. The van der Waals surface area contributed by atoms with E-state index in [-0.39, 0.29) is 10.8 Å². The van der Waals surface area contributed by atoms with Crippen LogP contribution < -0.4 is 27.1 Å². The molecule has 1 saturated heterocycles. The first kappa shape index (κ1) is 19.7. The average molecular weight is 442 g/mol. The lowest BCUT2D eigenvalue weighted by Gasteiger charge is -2.22. The lowest BCUT2D eigenvalue weighted by Crippen LogP contribution is -2.41. The summed E-state index contributed by atoms with van der Waals surface area (Å²) in [7, 11) is 0. The minimum atomic E-state index is -0.530. The molecule has 9 nitrogen and oxygen atoms in total. The number of nitrogen functional groups attached to an aromatic ring is 1. The minimum Gasteiger partial charge on any atom is -0.383 e. The van der Waals surface area contributed by atoms with Crippen molar-refractivity contribution in [2.45, 2.75) is 18.9 Å². The molecule has 0 spiro atoms. The summed E-state index contributed by atoms with van der Waals surface area (Å²) in [5, 5.41) is 13.7. The van der Waals surface area contributed by atoms with E-state index in [2.05, 4.69) is 31.6 Å². The highest BCUT2D eigenvalue weighted by molar-refractivity contribution is 6.34. The zero-order valence-corrected chi connectivity index (χ0v) is 17.3. The van der Waals surface area contributed by atoms with Gasteiger partial charge in [-0.3, -0.25) is 4.68 Å². The average Bonchev–Trinajstić information content (AvgIpc) is 3.47. The number of piperidine rings is 1. The Morgan fingerprint density at radius 1 is 1.16 bits per heavy atom. The van der Waals surface area contributed by atoms with E-state index in [1.54, 1.807) is 18.3 Å². The number of nitrogens with zero attached hydrogens (tertiary/aromatic N) is 5. The first-order valence-electron chi connectivity index (χ1n) is 9.95. The molecule has 2 aliphatic heterocycles. The van der Waals surface area contributed by atoms with Crippen molar-refractivity contribution in [2.75, 3.05) is 23.8 Å². The lowest BCUT2D eigenvalue weighted by atomic mass is 10.1. The Balaban J connectivity index is 1.47. The topological polar surface area (TPSA) is 108 Å². The standard InChI is InChI=1S/C20H21ClFN9/c21-18-16(22)2-1-3-17(18)31-20(27-28-29-31)15-8-12(9-25-19(15)23)13-10-26-30(11-13)14-4-6-24-7-5-14/h1-3,8-11,14,24,28-29H,4-7H2,(H2,23,25). The highest BCUT2D eigenvalue weighted by atomic mass is 35.5. The van der Waals surface area contributed by atoms with Gasteiger partial charge in [-0.2, -0.15) is 5.10 Å². The number of hydrogen-bond donors (Lipinski definition) is 4. The van der Waals surface area contributed by atoms with Gasteiger partial charge in [0.2, 0.25) is 0 Å². The van der Waals surface area contributed by atoms with Crippen molar-refractivity contribution in [3.8, 4) is 11.1 Å². The maximum Gasteiger partial charge on any atom is 0.181 e. The maximum atomic E-state index is 14.0. The number of hydrogen-bond acceptors (Lipinski definition) is 8. The van der Waals surface area contributed by atoms with Crippen molar-refractivity contribution in [3.05, 3.63) is 59.3 Å². The van der Waals surface area contributed by atoms with Crippen LogP contribution in [0.4, 0.5) is 15.9 Å². The molecule has 0 saturated carbocycles. The third kappa shape index (κ3) is 3.69. The molecule has 1 aromatic carbocycles. The zero-order chi connectivity index (χ0) is 21.4. The van der Waals surface area contributed by atoms with Crippen molar-refractivity contribution in [3.63, 3.8) is 0 Å². The monoisotopic (exact) mass is 441 g/mol. The number of nitrogens with two attached hydrogens (primary N) is 1. The number of hydrazone groups is 1. The number of aromatic nitrogens is 3. The number of pyridine rings is 1. The number of hydrazine groups is 2. The van der Waals surface area contributed by atoms with Crippen molar-refractivity contribution in [1.29, 1.82) is 0 Å². The van der Waals surface area contributed by atoms with Crippen molar-refractivity contribution < 1.29 is 4.39 Å². The van der Waals surface area contributed by atoms with Gasteiger partial charge in [0.05, 0.1) is 23.5 Å². The van der Waals surface area contributed by atoms with Crippen LogP contribution in [0.1, 0.15) is 24.4 Å². The van der Waals surface area contributed by atoms with Crippen LogP contribution >= 0.6 is 11.6 Å². The second-order valence-electron chi connectivity index (χ2n) is 7.41. The van der Waals surface area contributed by atoms with Gasteiger partial charge in [0, 0.05) is 23.5 Å². The Morgan fingerprint density at radius 2 is 2.00 bits per heavy atom. The van der Waals surface area contributed by atoms with Gasteiger partial charge in [0.25, 0.3) is 0 Å². The van der Waals surface area contributed by atoms with Crippen LogP contribution in [0.3, 0.4) is 0 Å². The van der Waals surface area contributed by atoms with Gasteiger partial charge in [0.1, 0.15) is 16.7 Å². The Hall–Kier alpha value is -3.21. The van der Waals surface area contributed by atoms with Crippen LogP contribution in [-0.2, 0) is 0 Å². The molecule has 11 heteroatoms. The molecule has 4 heterocycles. The SMILES string of the molecule is Nc1ncc(-c2cnn(C3CCNCC3)c2)cc1C1=NNNN1c1cccc(F)c1Cl. The van der Waals surface area contributed by atoms with Gasteiger partial charge in [-0.05, 0) is 44.1 Å². The largest absolute Gasteiger partial charge is 0.383 e. The van der Waals surface area contributed by atoms with Crippen LogP contribution in [0, 0.1) is 5.82 Å². The molecule has 2 aliphatic rings. The second kappa shape index (κ2) is 8.14. The molecule has 0 amide bonds. The fraction of sp³-hybridized carbons (Fsp3) is 0.250. The normalized spacial score (nSPS) is 17.0. The number of nitrogens with one attached hydrogen (secondary N) is 3. The van der Waals surface area contributed by atoms with Crippen LogP contribution in [-0.4, -0.2) is 33.7 Å². The molecule has 2 aromatic heterocycles. The molecule has 160 valence electrons. The predicted octanol–water partition coefficient (Wildman–Crippen LogP) is 2.44. The molecule has 5 N–H and O–H groups in total. The van der Waals surface area contributed by atoms with E-state index < -0.39 is 5.82 Å². The summed E-state index contributed by atoms with van der Waals surface area (Å²) in [6.45, 7) is 1.98. The summed E-state index contributed by atoms with van der Waals surface area (Å²) in [6.07, 6.45) is 7.65. The summed E-state index contributed by atoms with van der Waals surface area (Å²) in [5.41, 5.74) is 14.4. The number of halogens is 2. The Bertz CT molecular complexity index is 1140. The van der Waals surface area contributed by atoms with Gasteiger partial charge >= 0.3 is 0 Å². The van der Waals surface area contributed by atoms with Crippen molar-refractivity contribution >= 4 is 28.9 Å². The fourth-order valence-corrected chi connectivity index (χ4v) is 4.03. The Morgan fingerprint density at radius 3 is 2.84 bits per heavy atom. The summed E-state index contributed by atoms with van der Waals surface area (Å²) < 4.78 is 16.0. The number of rotatable bonds is 4. The first-order valence-corrected chi connectivity index (χ1v) is 10.3. The number of anilines is 2. The predicted molar refractivity (Wildman–Crippen MR) is 118 cm³/mol. The molecule has 0 radical (unpaired) electrons. The number of amidine groups is 1. The maximum absolute atomic E-state index is 14.0. The molecule has 0 bridgehead atoms. The Kier molecular flexibility index (Phi) is 5.18. The van der Waals surface area contributed by atoms with Gasteiger partial charge in [-0.25, -0.2) is 19.9 Å². The van der Waals surface area contributed by atoms with E-state index in [0.717, 1.165) is 37.1 Å². The van der Waals surface area contributed by atoms with Crippen molar-refractivity contribution in [1.82, 2.24) is 31.2 Å². The molecule has 0 unspecified atom stereocenters. The molecule has 5 rings (SSSR count). The zero-order valence-electron chi connectivity index (χ0n) is 16.5. The van der Waals surface area contributed by atoms with E-state index in [4.69, 9.17) is 17.3 Å². The molecule has 0 atom stereocenters. The molecular formula is C20H21ClFN9. The van der Waals surface area contributed by atoms with Crippen molar-refractivity contribution in [2.24, 2.45) is 5.10 Å². The van der Waals surface area contributed by atoms with Gasteiger partial charge in [0.15, 0.2) is 5.84 Å². The minimum absolute atomic E-state index is 0.0302. The van der Waals surface area contributed by atoms with Gasteiger partial charge < -0.3 is 11.1 Å². The van der Waals surface area contributed by atoms with Crippen LogP contribution in [0.5, 0.6) is 0 Å². The quantitative estimate of drug-likeness (QED) is 0.492. The third-order valence-corrected chi connectivity index (χ3v) is 5.86. The summed E-state index contributed by atoms with van der Waals surface area (Å²) in [5.74, 6) is 0.179. The first-order chi connectivity index (χ1) is 15.1. The highest BCUT2D eigenvalue weighted by Gasteiger charge is 2.26. The smallest absolute Gasteiger partial charge is 0.181 e. The number of benzene rings is 1.